The molecule has 1 N–H and O–H groups in total. The van der Waals surface area contributed by atoms with E-state index in [2.05, 4.69) is 71.0 Å². The molecule has 6 aromatic rings. The molecule has 6 rings (SSSR count). The average molecular weight is 590 g/mol. The third kappa shape index (κ3) is 5.12. The van der Waals surface area contributed by atoms with Gasteiger partial charge >= 0.3 is 0 Å². The quantitative estimate of drug-likeness (QED) is 0.0691. The molecule has 0 heterocycles. The fraction of sp³-hybridized carbons (Fsp3) is 0.146. The number of nitrogens with zero attached hydrogens (tertiary/aromatic N) is 1. The first-order valence-electron chi connectivity index (χ1n) is 15.1. The fourth-order valence-electron chi connectivity index (χ4n) is 7.09. The van der Waals surface area contributed by atoms with Crippen molar-refractivity contribution in [3.05, 3.63) is 142 Å². The Morgan fingerprint density at radius 3 is 1.16 bits per heavy atom. The molecule has 0 saturated carbocycles. The first-order valence-corrected chi connectivity index (χ1v) is 15.1. The zero-order chi connectivity index (χ0) is 32.0. The van der Waals surface area contributed by atoms with E-state index >= 15 is 0 Å². The summed E-state index contributed by atoms with van der Waals surface area (Å²) in [5.74, 6) is -1.25. The molecule has 0 aliphatic heterocycles. The Bertz CT molecular complexity index is 2020. The fourth-order valence-corrected chi connectivity index (χ4v) is 7.09. The zero-order valence-electron chi connectivity index (χ0n) is 26.4. The van der Waals surface area contributed by atoms with E-state index in [1.165, 1.54) is 11.1 Å². The maximum absolute atomic E-state index is 14.1. The number of rotatable bonds is 6. The van der Waals surface area contributed by atoms with E-state index in [0.717, 1.165) is 55.3 Å². The van der Waals surface area contributed by atoms with Gasteiger partial charge in [0.25, 0.3) is 0 Å². The van der Waals surface area contributed by atoms with Crippen LogP contribution < -0.4 is 0 Å². The van der Waals surface area contributed by atoms with Crippen LogP contribution in [0.3, 0.4) is 0 Å². The maximum atomic E-state index is 14.1. The van der Waals surface area contributed by atoms with Crippen LogP contribution >= 0.6 is 0 Å². The molecule has 4 nitrogen and oxygen atoms in total. The molecule has 0 unspecified atom stereocenters. The number of hydrogen-bond acceptors (Lipinski definition) is 4. The number of ketones is 2. The van der Waals surface area contributed by atoms with E-state index in [1.54, 1.807) is 12.1 Å². The van der Waals surface area contributed by atoms with Crippen LogP contribution in [0.5, 0.6) is 0 Å². The lowest BCUT2D eigenvalue weighted by Crippen LogP contribution is -2.25. The summed E-state index contributed by atoms with van der Waals surface area (Å²) in [6, 6.07) is 31.3. The maximum Gasteiger partial charge on any atom is 0.219 e. The Labute approximate surface area is 263 Å². The first-order chi connectivity index (χ1) is 21.6. The average Bonchev–Trinajstić information content (AvgIpc) is 3.00. The number of aryl methyl sites for hydroxylation is 6. The highest BCUT2D eigenvalue weighted by molar-refractivity contribution is 6.73. The minimum Gasteiger partial charge on any atom is -0.410 e. The molecule has 4 heteroatoms. The Morgan fingerprint density at radius 1 is 0.489 bits per heavy atom. The van der Waals surface area contributed by atoms with Gasteiger partial charge < -0.3 is 5.21 Å². The molecule has 0 aromatic heterocycles. The summed E-state index contributed by atoms with van der Waals surface area (Å²) in [6.45, 7) is 12.5. The van der Waals surface area contributed by atoms with Crippen LogP contribution in [0.15, 0.2) is 102 Å². The molecule has 0 spiro atoms. The van der Waals surface area contributed by atoms with Crippen molar-refractivity contribution in [3.8, 4) is 22.3 Å². The smallest absolute Gasteiger partial charge is 0.219 e. The lowest BCUT2D eigenvalue weighted by Gasteiger charge is -2.17. The lowest BCUT2D eigenvalue weighted by atomic mass is 9.86. The summed E-state index contributed by atoms with van der Waals surface area (Å²) < 4.78 is 0. The van der Waals surface area contributed by atoms with Crippen LogP contribution in [-0.4, -0.2) is 22.5 Å². The molecule has 222 valence electrons. The Balaban J connectivity index is 1.46. The van der Waals surface area contributed by atoms with Gasteiger partial charge in [0.2, 0.25) is 11.6 Å². The minimum atomic E-state index is -0.624. The molecular formula is C41H35NO3. The zero-order valence-corrected chi connectivity index (χ0v) is 26.4. The summed E-state index contributed by atoms with van der Waals surface area (Å²) in [7, 11) is 0. The van der Waals surface area contributed by atoms with Crippen molar-refractivity contribution < 1.29 is 14.8 Å². The minimum absolute atomic E-state index is 0.310. The van der Waals surface area contributed by atoms with Gasteiger partial charge in [-0.1, -0.05) is 101 Å². The highest BCUT2D eigenvalue weighted by Crippen LogP contribution is 2.37. The standard InChI is InChI=1S/C41H35NO3/c1-23-19-25(3)37(26(4)20-23)33-15-17-35(31-13-9-7-11-29(31)33)40(43)39(42-45)41(44)36-18-16-34(30-12-8-10-14-32(30)36)38-27(5)21-24(2)22-28(38)6/h7-22,45H,1-6H3. The number of oxime groups is 1. The number of Topliss-reactive ketones (excluding diaryl/α,β-unsaturated/α-hetero) is 2. The van der Waals surface area contributed by atoms with Crippen LogP contribution in [0.2, 0.25) is 0 Å². The van der Waals surface area contributed by atoms with Crippen molar-refractivity contribution >= 4 is 38.8 Å². The second kappa shape index (κ2) is 11.6. The largest absolute Gasteiger partial charge is 0.410 e. The molecule has 0 saturated heterocycles. The van der Waals surface area contributed by atoms with E-state index in [0.29, 0.717) is 21.9 Å². The van der Waals surface area contributed by atoms with Gasteiger partial charge in [-0.2, -0.15) is 0 Å². The predicted octanol–water partition coefficient (Wildman–Crippen LogP) is 10.1. The number of carbonyl (C=O) groups excluding carboxylic acids is 2. The van der Waals surface area contributed by atoms with Crippen LogP contribution in [0.25, 0.3) is 43.8 Å². The van der Waals surface area contributed by atoms with Crippen LogP contribution in [0, 0.1) is 41.5 Å². The van der Waals surface area contributed by atoms with E-state index in [1.807, 2.05) is 60.7 Å². The van der Waals surface area contributed by atoms with Gasteiger partial charge in [0.15, 0.2) is 5.71 Å². The third-order valence-corrected chi connectivity index (χ3v) is 8.76. The SMILES string of the molecule is Cc1cc(C)c(-c2ccc(C(=O)C(=NO)C(=O)c3ccc(-c4c(C)cc(C)cc4C)c4ccccc34)c3ccccc23)c(C)c1. The van der Waals surface area contributed by atoms with E-state index < -0.39 is 17.3 Å². The normalized spacial score (nSPS) is 11.2. The van der Waals surface area contributed by atoms with Crippen LogP contribution in [0.4, 0.5) is 0 Å². The topological polar surface area (TPSA) is 66.7 Å². The Morgan fingerprint density at radius 2 is 0.822 bits per heavy atom. The van der Waals surface area contributed by atoms with Crippen LogP contribution in [-0.2, 0) is 0 Å². The second-order valence-corrected chi connectivity index (χ2v) is 12.1. The molecule has 45 heavy (non-hydrogen) atoms. The van der Waals surface area contributed by atoms with Gasteiger partial charge in [-0.15, -0.1) is 0 Å². The summed E-state index contributed by atoms with van der Waals surface area (Å²) in [5, 5.41) is 16.6. The summed E-state index contributed by atoms with van der Waals surface area (Å²) in [6.07, 6.45) is 0. The number of carbonyl (C=O) groups is 2. The van der Waals surface area contributed by atoms with E-state index in [9.17, 15) is 14.8 Å². The van der Waals surface area contributed by atoms with E-state index in [4.69, 9.17) is 0 Å². The van der Waals surface area contributed by atoms with Crippen molar-refractivity contribution in [2.45, 2.75) is 41.5 Å². The van der Waals surface area contributed by atoms with Gasteiger partial charge in [0.1, 0.15) is 0 Å². The van der Waals surface area contributed by atoms with Crippen molar-refractivity contribution in [1.29, 1.82) is 0 Å². The van der Waals surface area contributed by atoms with Gasteiger partial charge in [0.05, 0.1) is 0 Å². The summed E-state index contributed by atoms with van der Waals surface area (Å²) in [4.78, 5) is 28.1. The third-order valence-electron chi connectivity index (χ3n) is 8.76. The molecule has 0 atom stereocenters. The first kappa shape index (κ1) is 29.7. The molecule has 0 amide bonds. The van der Waals surface area contributed by atoms with Crippen molar-refractivity contribution in [3.63, 3.8) is 0 Å². The summed E-state index contributed by atoms with van der Waals surface area (Å²) >= 11 is 0. The van der Waals surface area contributed by atoms with Gasteiger partial charge in [-0.25, -0.2) is 0 Å². The Hall–Kier alpha value is -5.35. The molecule has 0 fully saturated rings. The van der Waals surface area contributed by atoms with Crippen LogP contribution in [0.1, 0.15) is 54.1 Å². The Kier molecular flexibility index (Phi) is 7.68. The highest BCUT2D eigenvalue weighted by atomic mass is 16.4. The highest BCUT2D eigenvalue weighted by Gasteiger charge is 2.28. The van der Waals surface area contributed by atoms with Crippen molar-refractivity contribution in [2.24, 2.45) is 5.16 Å². The number of hydrogen-bond donors (Lipinski definition) is 1. The number of benzene rings is 6. The molecular weight excluding hydrogens is 554 g/mol. The van der Waals surface area contributed by atoms with Crippen molar-refractivity contribution in [2.75, 3.05) is 0 Å². The van der Waals surface area contributed by atoms with Gasteiger partial charge in [-0.05, 0) is 120 Å². The lowest BCUT2D eigenvalue weighted by molar-refractivity contribution is 0.101. The monoisotopic (exact) mass is 589 g/mol. The molecule has 0 aliphatic rings. The molecule has 0 radical (unpaired) electrons. The van der Waals surface area contributed by atoms with E-state index in [-0.39, 0.29) is 0 Å². The second-order valence-electron chi connectivity index (χ2n) is 12.1. The van der Waals surface area contributed by atoms with Gasteiger partial charge in [-0.3, -0.25) is 9.59 Å². The van der Waals surface area contributed by atoms with Gasteiger partial charge in [0, 0.05) is 11.1 Å². The molecule has 0 bridgehead atoms. The molecule has 6 aromatic carbocycles. The van der Waals surface area contributed by atoms with Crippen molar-refractivity contribution in [1.82, 2.24) is 0 Å². The predicted molar refractivity (Wildman–Crippen MR) is 185 cm³/mol. The molecule has 0 aliphatic carbocycles. The number of fused-ring (bicyclic) bond motifs is 2. The summed E-state index contributed by atoms with van der Waals surface area (Å²) in [5.41, 5.74) is 11.3.